The normalized spacial score (nSPS) is 10.9. The summed E-state index contributed by atoms with van der Waals surface area (Å²) in [4.78, 5) is 31.2. The zero-order valence-electron chi connectivity index (χ0n) is 13.1. The van der Waals surface area contributed by atoms with E-state index < -0.39 is 11.9 Å². The summed E-state index contributed by atoms with van der Waals surface area (Å²) in [5.41, 5.74) is 3.23. The summed E-state index contributed by atoms with van der Waals surface area (Å²) in [7, 11) is 2.68. The number of esters is 2. The van der Waals surface area contributed by atoms with Gasteiger partial charge in [0.1, 0.15) is 0 Å². The fourth-order valence-electron chi connectivity index (χ4n) is 2.82. The Morgan fingerprint density at radius 3 is 2.52 bits per heavy atom. The molecule has 1 aromatic carbocycles. The molecule has 0 saturated heterocycles. The molecule has 2 aromatic heterocycles. The number of nitrogens with zero attached hydrogens (tertiary/aromatic N) is 1. The molecule has 0 unspecified atom stereocenters. The van der Waals surface area contributed by atoms with Gasteiger partial charge in [0.2, 0.25) is 0 Å². The second-order valence-electron chi connectivity index (χ2n) is 5.10. The van der Waals surface area contributed by atoms with Crippen molar-refractivity contribution in [3.63, 3.8) is 0 Å². The maximum Gasteiger partial charge on any atom is 0.356 e. The monoisotopic (exact) mass is 312 g/mol. The number of aromatic nitrogens is 2. The topological polar surface area (TPSA) is 81.3 Å². The van der Waals surface area contributed by atoms with Crippen LogP contribution in [0.5, 0.6) is 0 Å². The Bertz CT molecular complexity index is 927. The Labute approximate surface area is 132 Å². The zero-order chi connectivity index (χ0) is 16.6. The number of rotatable bonds is 3. The summed E-state index contributed by atoms with van der Waals surface area (Å²) in [5.74, 6) is -0.872. The highest BCUT2D eigenvalue weighted by Crippen LogP contribution is 2.31. The molecule has 0 atom stereocenters. The molecule has 3 aromatic rings. The number of ether oxygens (including phenoxy) is 2. The van der Waals surface area contributed by atoms with Gasteiger partial charge in [-0.15, -0.1) is 0 Å². The number of H-pyrrole nitrogens is 1. The Balaban J connectivity index is 2.37. The summed E-state index contributed by atoms with van der Waals surface area (Å²) >= 11 is 0. The number of benzene rings is 1. The predicted octanol–water partition coefficient (Wildman–Crippen LogP) is 2.85. The summed E-state index contributed by atoms with van der Waals surface area (Å²) in [6.45, 7) is 1.95. The van der Waals surface area contributed by atoms with Crippen molar-refractivity contribution >= 4 is 33.7 Å². The van der Waals surface area contributed by atoms with Crippen molar-refractivity contribution in [3.05, 3.63) is 41.2 Å². The van der Waals surface area contributed by atoms with Gasteiger partial charge in [-0.05, 0) is 30.2 Å². The number of fused-ring (bicyclic) bond motifs is 3. The number of nitrogens with one attached hydrogen (secondary N) is 1. The molecule has 6 nitrogen and oxygen atoms in total. The number of aryl methyl sites for hydroxylation is 1. The Kier molecular flexibility index (Phi) is 3.73. The first-order valence-electron chi connectivity index (χ1n) is 7.20. The van der Waals surface area contributed by atoms with E-state index in [4.69, 9.17) is 9.47 Å². The molecular weight excluding hydrogens is 296 g/mol. The van der Waals surface area contributed by atoms with Gasteiger partial charge in [0, 0.05) is 16.3 Å². The lowest BCUT2D eigenvalue weighted by Gasteiger charge is -2.07. The molecule has 0 bridgehead atoms. The minimum atomic E-state index is -0.470. The van der Waals surface area contributed by atoms with Gasteiger partial charge in [0.25, 0.3) is 0 Å². The highest BCUT2D eigenvalue weighted by atomic mass is 16.5. The molecule has 2 heterocycles. The van der Waals surface area contributed by atoms with Crippen molar-refractivity contribution in [1.29, 1.82) is 0 Å². The number of hydrogen-bond acceptors (Lipinski definition) is 5. The van der Waals surface area contributed by atoms with Gasteiger partial charge >= 0.3 is 11.9 Å². The van der Waals surface area contributed by atoms with E-state index in [1.807, 2.05) is 13.0 Å². The minimum Gasteiger partial charge on any atom is -0.465 e. The second-order valence-corrected chi connectivity index (χ2v) is 5.10. The number of methoxy groups -OCH3 is 2. The van der Waals surface area contributed by atoms with E-state index in [0.29, 0.717) is 17.7 Å². The van der Waals surface area contributed by atoms with Crippen molar-refractivity contribution in [2.75, 3.05) is 14.2 Å². The van der Waals surface area contributed by atoms with Crippen molar-refractivity contribution in [1.82, 2.24) is 9.97 Å². The van der Waals surface area contributed by atoms with Crippen LogP contribution in [0.4, 0.5) is 0 Å². The second kappa shape index (κ2) is 5.72. The molecule has 23 heavy (non-hydrogen) atoms. The molecule has 0 radical (unpaired) electrons. The van der Waals surface area contributed by atoms with Crippen LogP contribution in [0.3, 0.4) is 0 Å². The fraction of sp³-hybridized carbons (Fsp3) is 0.235. The Morgan fingerprint density at radius 2 is 1.87 bits per heavy atom. The van der Waals surface area contributed by atoms with Gasteiger partial charge in [-0.1, -0.05) is 6.92 Å². The van der Waals surface area contributed by atoms with E-state index in [0.717, 1.165) is 27.4 Å². The molecule has 0 aliphatic heterocycles. The van der Waals surface area contributed by atoms with E-state index in [1.54, 1.807) is 18.3 Å². The SMILES string of the molecule is CCc1c(C(=O)OC)ncc2[nH]c3ccc(C(=O)OC)cc3c12. The first-order valence-corrected chi connectivity index (χ1v) is 7.20. The van der Waals surface area contributed by atoms with E-state index >= 15 is 0 Å². The number of carbonyl (C=O) groups excluding carboxylic acids is 2. The molecule has 6 heteroatoms. The number of pyridine rings is 1. The highest BCUT2D eigenvalue weighted by molar-refractivity contribution is 6.12. The van der Waals surface area contributed by atoms with Gasteiger partial charge in [-0.25, -0.2) is 14.6 Å². The van der Waals surface area contributed by atoms with Crippen LogP contribution in [-0.4, -0.2) is 36.1 Å². The first kappa shape index (κ1) is 15.0. The maximum absolute atomic E-state index is 11.9. The van der Waals surface area contributed by atoms with Gasteiger partial charge in [0.05, 0.1) is 31.5 Å². The smallest absolute Gasteiger partial charge is 0.356 e. The third kappa shape index (κ3) is 2.32. The van der Waals surface area contributed by atoms with E-state index in [9.17, 15) is 9.59 Å². The van der Waals surface area contributed by atoms with Crippen molar-refractivity contribution in [3.8, 4) is 0 Å². The lowest BCUT2D eigenvalue weighted by atomic mass is 10.0. The van der Waals surface area contributed by atoms with Crippen molar-refractivity contribution < 1.29 is 19.1 Å². The van der Waals surface area contributed by atoms with Gasteiger partial charge in [-0.2, -0.15) is 0 Å². The molecular formula is C17H16N2O4. The third-order valence-corrected chi connectivity index (χ3v) is 3.89. The van der Waals surface area contributed by atoms with Gasteiger partial charge in [0.15, 0.2) is 5.69 Å². The van der Waals surface area contributed by atoms with Gasteiger partial charge < -0.3 is 14.5 Å². The van der Waals surface area contributed by atoms with Crippen LogP contribution >= 0.6 is 0 Å². The molecule has 0 aliphatic rings. The van der Waals surface area contributed by atoms with Crippen LogP contribution in [-0.2, 0) is 15.9 Å². The molecule has 118 valence electrons. The summed E-state index contributed by atoms with van der Waals surface area (Å²) in [6.07, 6.45) is 2.22. The molecule has 1 N–H and O–H groups in total. The average Bonchev–Trinajstić information content (AvgIpc) is 2.97. The van der Waals surface area contributed by atoms with Crippen LogP contribution in [0, 0.1) is 0 Å². The lowest BCUT2D eigenvalue weighted by Crippen LogP contribution is -2.08. The number of carbonyl (C=O) groups is 2. The van der Waals surface area contributed by atoms with Crippen molar-refractivity contribution in [2.45, 2.75) is 13.3 Å². The lowest BCUT2D eigenvalue weighted by molar-refractivity contribution is 0.0587. The van der Waals surface area contributed by atoms with Crippen LogP contribution in [0.15, 0.2) is 24.4 Å². The quantitative estimate of drug-likeness (QED) is 0.752. The maximum atomic E-state index is 11.9. The third-order valence-electron chi connectivity index (χ3n) is 3.89. The summed E-state index contributed by atoms with van der Waals surface area (Å²) < 4.78 is 9.58. The molecule has 0 fully saturated rings. The molecule has 0 saturated carbocycles. The predicted molar refractivity (Wildman–Crippen MR) is 85.7 cm³/mol. The average molecular weight is 312 g/mol. The van der Waals surface area contributed by atoms with Crippen LogP contribution < -0.4 is 0 Å². The van der Waals surface area contributed by atoms with E-state index in [-0.39, 0.29) is 0 Å². The van der Waals surface area contributed by atoms with Crippen molar-refractivity contribution in [2.24, 2.45) is 0 Å². The Hall–Kier alpha value is -2.89. The highest BCUT2D eigenvalue weighted by Gasteiger charge is 2.19. The molecule has 0 aliphatic carbocycles. The minimum absolute atomic E-state index is 0.298. The largest absolute Gasteiger partial charge is 0.465 e. The molecule has 0 amide bonds. The number of aromatic amines is 1. The van der Waals surface area contributed by atoms with E-state index in [1.165, 1.54) is 14.2 Å². The summed E-state index contributed by atoms with van der Waals surface area (Å²) in [5, 5.41) is 1.73. The van der Waals surface area contributed by atoms with Crippen LogP contribution in [0.1, 0.15) is 33.3 Å². The summed E-state index contributed by atoms with van der Waals surface area (Å²) in [6, 6.07) is 5.28. The molecule has 3 rings (SSSR count). The van der Waals surface area contributed by atoms with Crippen LogP contribution in [0.2, 0.25) is 0 Å². The zero-order valence-corrected chi connectivity index (χ0v) is 13.1. The van der Waals surface area contributed by atoms with Crippen LogP contribution in [0.25, 0.3) is 21.8 Å². The Morgan fingerprint density at radius 1 is 1.13 bits per heavy atom. The standard InChI is InChI=1S/C17H16N2O4/c1-4-10-14-11-7-9(16(20)22-2)5-6-12(11)19-13(14)8-18-15(10)17(21)23-3/h5-8,19H,4H2,1-3H3. The first-order chi connectivity index (χ1) is 11.1. The molecule has 0 spiro atoms. The fourth-order valence-corrected chi connectivity index (χ4v) is 2.82. The van der Waals surface area contributed by atoms with E-state index in [2.05, 4.69) is 9.97 Å². The van der Waals surface area contributed by atoms with Gasteiger partial charge in [-0.3, -0.25) is 0 Å². The number of hydrogen-bond donors (Lipinski definition) is 1.